The summed E-state index contributed by atoms with van der Waals surface area (Å²) in [5.41, 5.74) is 4.69. The molecule has 26 heavy (non-hydrogen) atoms. The van der Waals surface area contributed by atoms with Crippen molar-refractivity contribution in [2.24, 2.45) is 0 Å². The summed E-state index contributed by atoms with van der Waals surface area (Å²) in [6.07, 6.45) is 0. The Morgan fingerprint density at radius 1 is 1.04 bits per heavy atom. The minimum Gasteiger partial charge on any atom is -0.494 e. The van der Waals surface area contributed by atoms with Crippen molar-refractivity contribution in [3.05, 3.63) is 53.6 Å². The standard InChI is InChI=1S/C21H27N3O2/c1-4-26-19-10-8-18(9-11-19)22-21(25)24-14-12-23(13-15-24)20-7-5-6-16(2)17(20)3/h5-11H,4,12-15H2,1-3H3,(H,22,25). The molecule has 5 heteroatoms. The number of hydrogen-bond acceptors (Lipinski definition) is 3. The zero-order valence-electron chi connectivity index (χ0n) is 15.8. The van der Waals surface area contributed by atoms with Crippen LogP contribution in [0.3, 0.4) is 0 Å². The van der Waals surface area contributed by atoms with Gasteiger partial charge in [0.1, 0.15) is 5.75 Å². The lowest BCUT2D eigenvalue weighted by Crippen LogP contribution is -2.50. The predicted molar refractivity (Wildman–Crippen MR) is 106 cm³/mol. The first kappa shape index (κ1) is 18.1. The molecular weight excluding hydrogens is 326 g/mol. The molecule has 1 saturated heterocycles. The number of nitrogens with one attached hydrogen (secondary N) is 1. The average molecular weight is 353 g/mol. The summed E-state index contributed by atoms with van der Waals surface area (Å²) in [6.45, 7) is 10.0. The number of hydrogen-bond donors (Lipinski definition) is 1. The van der Waals surface area contributed by atoms with Gasteiger partial charge in [-0.2, -0.15) is 0 Å². The van der Waals surface area contributed by atoms with E-state index in [1.165, 1.54) is 16.8 Å². The number of urea groups is 1. The van der Waals surface area contributed by atoms with Crippen LogP contribution in [0, 0.1) is 13.8 Å². The van der Waals surface area contributed by atoms with Crippen LogP contribution in [0.2, 0.25) is 0 Å². The van der Waals surface area contributed by atoms with E-state index in [0.717, 1.165) is 37.6 Å². The molecule has 0 bridgehead atoms. The van der Waals surface area contributed by atoms with E-state index in [1.54, 1.807) is 0 Å². The van der Waals surface area contributed by atoms with E-state index in [0.29, 0.717) is 6.61 Å². The van der Waals surface area contributed by atoms with E-state index in [2.05, 4.69) is 42.3 Å². The maximum atomic E-state index is 12.5. The van der Waals surface area contributed by atoms with Gasteiger partial charge < -0.3 is 19.9 Å². The van der Waals surface area contributed by atoms with Crippen molar-refractivity contribution in [1.29, 1.82) is 0 Å². The molecule has 0 saturated carbocycles. The monoisotopic (exact) mass is 353 g/mol. The van der Waals surface area contributed by atoms with Crippen LogP contribution in [0.25, 0.3) is 0 Å². The second-order valence-corrected chi connectivity index (χ2v) is 6.58. The van der Waals surface area contributed by atoms with Crippen molar-refractivity contribution in [1.82, 2.24) is 4.90 Å². The molecule has 0 aromatic heterocycles. The number of piperazine rings is 1. The molecule has 1 fully saturated rings. The normalized spacial score (nSPS) is 14.3. The molecule has 0 radical (unpaired) electrons. The molecule has 3 rings (SSSR count). The molecular formula is C21H27N3O2. The third-order valence-corrected chi connectivity index (χ3v) is 4.90. The molecule has 5 nitrogen and oxygen atoms in total. The molecule has 0 atom stereocenters. The van der Waals surface area contributed by atoms with Crippen LogP contribution < -0.4 is 15.0 Å². The van der Waals surface area contributed by atoms with Gasteiger partial charge in [-0.05, 0) is 62.2 Å². The number of rotatable bonds is 4. The number of carbonyl (C=O) groups excluding carboxylic acids is 1. The number of benzene rings is 2. The second-order valence-electron chi connectivity index (χ2n) is 6.58. The van der Waals surface area contributed by atoms with Gasteiger partial charge in [-0.3, -0.25) is 0 Å². The van der Waals surface area contributed by atoms with Crippen LogP contribution in [0.1, 0.15) is 18.1 Å². The fourth-order valence-electron chi connectivity index (χ4n) is 3.23. The first-order chi connectivity index (χ1) is 12.6. The fourth-order valence-corrected chi connectivity index (χ4v) is 3.23. The SMILES string of the molecule is CCOc1ccc(NC(=O)N2CCN(c3cccc(C)c3C)CC2)cc1. The van der Waals surface area contributed by atoms with E-state index in [1.807, 2.05) is 36.1 Å². The maximum absolute atomic E-state index is 12.5. The van der Waals surface area contributed by atoms with E-state index in [9.17, 15) is 4.79 Å². The lowest BCUT2D eigenvalue weighted by Gasteiger charge is -2.37. The highest BCUT2D eigenvalue weighted by Crippen LogP contribution is 2.24. The third-order valence-electron chi connectivity index (χ3n) is 4.90. The third kappa shape index (κ3) is 4.10. The summed E-state index contributed by atoms with van der Waals surface area (Å²) in [6, 6.07) is 13.8. The molecule has 0 spiro atoms. The number of ether oxygens (including phenoxy) is 1. The number of nitrogens with zero attached hydrogens (tertiary/aromatic N) is 2. The quantitative estimate of drug-likeness (QED) is 0.902. The van der Waals surface area contributed by atoms with Gasteiger partial charge in [0, 0.05) is 37.6 Å². The van der Waals surface area contributed by atoms with Gasteiger partial charge in [0.05, 0.1) is 6.61 Å². The van der Waals surface area contributed by atoms with Crippen molar-refractivity contribution in [2.45, 2.75) is 20.8 Å². The first-order valence-electron chi connectivity index (χ1n) is 9.18. The lowest BCUT2D eigenvalue weighted by molar-refractivity contribution is 0.208. The van der Waals surface area contributed by atoms with E-state index in [-0.39, 0.29) is 6.03 Å². The topological polar surface area (TPSA) is 44.8 Å². The summed E-state index contributed by atoms with van der Waals surface area (Å²) in [4.78, 5) is 16.7. The van der Waals surface area contributed by atoms with Crippen molar-refractivity contribution >= 4 is 17.4 Å². The van der Waals surface area contributed by atoms with Gasteiger partial charge in [0.25, 0.3) is 0 Å². The van der Waals surface area contributed by atoms with Gasteiger partial charge in [-0.25, -0.2) is 4.79 Å². The molecule has 0 aliphatic carbocycles. The minimum atomic E-state index is -0.0465. The summed E-state index contributed by atoms with van der Waals surface area (Å²) in [5.74, 6) is 0.813. The molecule has 138 valence electrons. The largest absolute Gasteiger partial charge is 0.494 e. The Bertz CT molecular complexity index is 750. The first-order valence-corrected chi connectivity index (χ1v) is 9.18. The summed E-state index contributed by atoms with van der Waals surface area (Å²) in [5, 5.41) is 2.97. The maximum Gasteiger partial charge on any atom is 0.321 e. The van der Waals surface area contributed by atoms with Gasteiger partial charge in [-0.1, -0.05) is 12.1 Å². The Labute approximate surface area is 155 Å². The highest BCUT2D eigenvalue weighted by atomic mass is 16.5. The molecule has 2 amide bonds. The summed E-state index contributed by atoms with van der Waals surface area (Å²) < 4.78 is 5.43. The van der Waals surface area contributed by atoms with Crippen LogP contribution >= 0.6 is 0 Å². The average Bonchev–Trinajstić information content (AvgIpc) is 2.66. The zero-order valence-corrected chi connectivity index (χ0v) is 15.8. The Morgan fingerprint density at radius 2 is 1.73 bits per heavy atom. The van der Waals surface area contributed by atoms with Crippen molar-refractivity contribution in [3.63, 3.8) is 0 Å². The molecule has 2 aromatic rings. The van der Waals surface area contributed by atoms with Crippen molar-refractivity contribution in [2.75, 3.05) is 43.0 Å². The minimum absolute atomic E-state index is 0.0465. The number of anilines is 2. The molecule has 1 heterocycles. The Kier molecular flexibility index (Phi) is 5.66. The van der Waals surface area contributed by atoms with Crippen LogP contribution in [0.4, 0.5) is 16.2 Å². The van der Waals surface area contributed by atoms with Gasteiger partial charge >= 0.3 is 6.03 Å². The Balaban J connectivity index is 1.55. The highest BCUT2D eigenvalue weighted by Gasteiger charge is 2.22. The predicted octanol–water partition coefficient (Wildman–Crippen LogP) is 4.06. The van der Waals surface area contributed by atoms with Crippen LogP contribution in [-0.4, -0.2) is 43.7 Å². The van der Waals surface area contributed by atoms with E-state index < -0.39 is 0 Å². The van der Waals surface area contributed by atoms with Crippen LogP contribution in [0.15, 0.2) is 42.5 Å². The lowest BCUT2D eigenvalue weighted by atomic mass is 10.1. The van der Waals surface area contributed by atoms with Gasteiger partial charge in [0.15, 0.2) is 0 Å². The number of carbonyl (C=O) groups is 1. The molecule has 2 aromatic carbocycles. The fraction of sp³-hybridized carbons (Fsp3) is 0.381. The van der Waals surface area contributed by atoms with Crippen LogP contribution in [-0.2, 0) is 0 Å². The molecule has 1 aliphatic heterocycles. The van der Waals surface area contributed by atoms with Gasteiger partial charge in [0.2, 0.25) is 0 Å². The zero-order chi connectivity index (χ0) is 18.5. The van der Waals surface area contributed by atoms with E-state index in [4.69, 9.17) is 4.74 Å². The van der Waals surface area contributed by atoms with Crippen molar-refractivity contribution in [3.8, 4) is 5.75 Å². The summed E-state index contributed by atoms with van der Waals surface area (Å²) >= 11 is 0. The Hall–Kier alpha value is -2.69. The number of amides is 2. The van der Waals surface area contributed by atoms with Gasteiger partial charge in [-0.15, -0.1) is 0 Å². The van der Waals surface area contributed by atoms with E-state index >= 15 is 0 Å². The Morgan fingerprint density at radius 3 is 2.38 bits per heavy atom. The smallest absolute Gasteiger partial charge is 0.321 e. The number of aryl methyl sites for hydroxylation is 1. The molecule has 0 unspecified atom stereocenters. The summed E-state index contributed by atoms with van der Waals surface area (Å²) in [7, 11) is 0. The molecule has 1 aliphatic rings. The van der Waals surface area contributed by atoms with Crippen LogP contribution in [0.5, 0.6) is 5.75 Å². The second kappa shape index (κ2) is 8.13. The van der Waals surface area contributed by atoms with Crippen molar-refractivity contribution < 1.29 is 9.53 Å². The highest BCUT2D eigenvalue weighted by molar-refractivity contribution is 5.89. The molecule has 1 N–H and O–H groups in total.